The van der Waals surface area contributed by atoms with Crippen LogP contribution in [0, 0.1) is 0 Å². The van der Waals surface area contributed by atoms with E-state index in [4.69, 9.17) is 4.74 Å². The minimum atomic E-state index is 0.578. The van der Waals surface area contributed by atoms with Crippen LogP contribution >= 0.6 is 0 Å². The Bertz CT molecular complexity index is 549. The van der Waals surface area contributed by atoms with E-state index in [9.17, 15) is 4.79 Å². The number of ether oxygens (including phenoxy) is 1. The summed E-state index contributed by atoms with van der Waals surface area (Å²) in [5.41, 5.74) is 2.25. The molecule has 94 valence electrons. The molecule has 2 aromatic rings. The van der Waals surface area contributed by atoms with Crippen LogP contribution in [-0.4, -0.2) is 28.4 Å². The first-order valence-electron chi connectivity index (χ1n) is 5.82. The number of rotatable bonds is 5. The smallest absolute Gasteiger partial charge is 0.150 e. The van der Waals surface area contributed by atoms with Crippen molar-refractivity contribution in [1.29, 1.82) is 0 Å². The predicted octanol–water partition coefficient (Wildman–Crippen LogP) is 2.18. The summed E-state index contributed by atoms with van der Waals surface area (Å²) in [4.78, 5) is 11.2. The second kappa shape index (κ2) is 5.44. The van der Waals surface area contributed by atoms with E-state index in [2.05, 4.69) is 17.2 Å². The Balaban J connectivity index is 2.49. The molecule has 5 heteroatoms. The van der Waals surface area contributed by atoms with Crippen molar-refractivity contribution < 1.29 is 9.53 Å². The maximum Gasteiger partial charge on any atom is 0.150 e. The van der Waals surface area contributed by atoms with Gasteiger partial charge in [0.1, 0.15) is 5.75 Å². The third-order valence-electron chi connectivity index (χ3n) is 2.71. The first kappa shape index (κ1) is 12.3. The lowest BCUT2D eigenvalue weighted by Crippen LogP contribution is -2.03. The molecule has 0 spiro atoms. The summed E-state index contributed by atoms with van der Waals surface area (Å²) in [6, 6.07) is 5.39. The monoisotopic (exact) mass is 245 g/mol. The van der Waals surface area contributed by atoms with E-state index in [1.54, 1.807) is 24.1 Å². The van der Waals surface area contributed by atoms with Gasteiger partial charge in [0, 0.05) is 17.7 Å². The van der Waals surface area contributed by atoms with Crippen LogP contribution < -0.4 is 4.74 Å². The number of carbonyl (C=O) groups is 1. The van der Waals surface area contributed by atoms with Gasteiger partial charge in [-0.3, -0.25) is 4.79 Å². The van der Waals surface area contributed by atoms with Gasteiger partial charge in [0.05, 0.1) is 19.0 Å². The number of carbonyl (C=O) groups excluding carboxylic acids is 1. The number of aryl methyl sites for hydroxylation is 1. The Morgan fingerprint density at radius 3 is 2.94 bits per heavy atom. The standard InChI is InChI=1S/C13H15N3O2/c1-3-6-16-13(8-14-15-16)12-5-4-11(18-2)7-10(12)9-17/h4-5,7-9H,3,6H2,1-2H3. The quantitative estimate of drug-likeness (QED) is 0.757. The number of hydrogen-bond acceptors (Lipinski definition) is 4. The Kier molecular flexibility index (Phi) is 3.72. The molecule has 18 heavy (non-hydrogen) atoms. The molecule has 0 aliphatic rings. The molecule has 0 aliphatic heterocycles. The average Bonchev–Trinajstić information content (AvgIpc) is 2.86. The minimum absolute atomic E-state index is 0.578. The number of aromatic nitrogens is 3. The molecule has 0 unspecified atom stereocenters. The summed E-state index contributed by atoms with van der Waals surface area (Å²) in [5.74, 6) is 0.662. The van der Waals surface area contributed by atoms with Crippen molar-refractivity contribution in [1.82, 2.24) is 15.0 Å². The lowest BCUT2D eigenvalue weighted by molar-refractivity contribution is 0.112. The molecule has 1 aromatic heterocycles. The molecule has 0 N–H and O–H groups in total. The van der Waals surface area contributed by atoms with Crippen molar-refractivity contribution in [2.24, 2.45) is 0 Å². The van der Waals surface area contributed by atoms with Crippen molar-refractivity contribution in [3.63, 3.8) is 0 Å². The summed E-state index contributed by atoms with van der Waals surface area (Å²) < 4.78 is 6.91. The van der Waals surface area contributed by atoms with Crippen LogP contribution in [0.2, 0.25) is 0 Å². The third-order valence-corrected chi connectivity index (χ3v) is 2.71. The summed E-state index contributed by atoms with van der Waals surface area (Å²) in [6.07, 6.45) is 3.45. The van der Waals surface area contributed by atoms with Crippen molar-refractivity contribution in [3.8, 4) is 17.0 Å². The maximum absolute atomic E-state index is 11.2. The predicted molar refractivity (Wildman–Crippen MR) is 67.7 cm³/mol. The molecule has 5 nitrogen and oxygen atoms in total. The van der Waals surface area contributed by atoms with Crippen LogP contribution in [0.5, 0.6) is 5.75 Å². The fourth-order valence-electron chi connectivity index (χ4n) is 1.84. The lowest BCUT2D eigenvalue weighted by atomic mass is 10.1. The molecule has 0 fully saturated rings. The van der Waals surface area contributed by atoms with E-state index < -0.39 is 0 Å². The normalized spacial score (nSPS) is 10.3. The van der Waals surface area contributed by atoms with Crippen molar-refractivity contribution in [2.45, 2.75) is 19.9 Å². The zero-order valence-electron chi connectivity index (χ0n) is 10.5. The fraction of sp³-hybridized carbons (Fsp3) is 0.308. The zero-order valence-corrected chi connectivity index (χ0v) is 10.5. The van der Waals surface area contributed by atoms with Crippen LogP contribution in [0.1, 0.15) is 23.7 Å². The molecular formula is C13H15N3O2. The van der Waals surface area contributed by atoms with E-state index in [-0.39, 0.29) is 0 Å². The van der Waals surface area contributed by atoms with Gasteiger partial charge < -0.3 is 4.74 Å². The highest BCUT2D eigenvalue weighted by Gasteiger charge is 2.11. The topological polar surface area (TPSA) is 57.0 Å². The summed E-state index contributed by atoms with van der Waals surface area (Å²) in [5, 5.41) is 7.92. The second-order valence-corrected chi connectivity index (χ2v) is 3.91. The third kappa shape index (κ3) is 2.25. The van der Waals surface area contributed by atoms with E-state index >= 15 is 0 Å². The molecule has 0 atom stereocenters. The maximum atomic E-state index is 11.2. The summed E-state index contributed by atoms with van der Waals surface area (Å²) in [7, 11) is 1.58. The first-order chi connectivity index (χ1) is 8.80. The Morgan fingerprint density at radius 2 is 2.28 bits per heavy atom. The highest BCUT2D eigenvalue weighted by Crippen LogP contribution is 2.25. The average molecular weight is 245 g/mol. The van der Waals surface area contributed by atoms with Crippen LogP contribution in [0.15, 0.2) is 24.4 Å². The van der Waals surface area contributed by atoms with E-state index in [1.165, 1.54) is 0 Å². The van der Waals surface area contributed by atoms with Gasteiger partial charge in [0.15, 0.2) is 6.29 Å². The Hall–Kier alpha value is -2.17. The van der Waals surface area contributed by atoms with Gasteiger partial charge in [-0.25, -0.2) is 4.68 Å². The number of benzene rings is 1. The lowest BCUT2D eigenvalue weighted by Gasteiger charge is -2.08. The van der Waals surface area contributed by atoms with E-state index in [0.29, 0.717) is 11.3 Å². The Morgan fingerprint density at radius 1 is 1.44 bits per heavy atom. The molecule has 0 aliphatic carbocycles. The van der Waals surface area contributed by atoms with Gasteiger partial charge in [-0.05, 0) is 24.6 Å². The summed E-state index contributed by atoms with van der Waals surface area (Å²) in [6.45, 7) is 2.85. The van der Waals surface area contributed by atoms with Crippen molar-refractivity contribution in [2.75, 3.05) is 7.11 Å². The van der Waals surface area contributed by atoms with Crippen LogP contribution in [0.4, 0.5) is 0 Å². The van der Waals surface area contributed by atoms with E-state index in [0.717, 1.165) is 30.5 Å². The highest BCUT2D eigenvalue weighted by molar-refractivity contribution is 5.87. The number of hydrogen-bond donors (Lipinski definition) is 0. The molecule has 0 bridgehead atoms. The number of nitrogens with zero attached hydrogens (tertiary/aromatic N) is 3. The van der Waals surface area contributed by atoms with Gasteiger partial charge in [0.25, 0.3) is 0 Å². The molecular weight excluding hydrogens is 230 g/mol. The van der Waals surface area contributed by atoms with Crippen molar-refractivity contribution >= 4 is 6.29 Å². The molecule has 0 radical (unpaired) electrons. The summed E-state index contributed by atoms with van der Waals surface area (Å²) >= 11 is 0. The molecule has 0 amide bonds. The Labute approximate surface area is 105 Å². The highest BCUT2D eigenvalue weighted by atomic mass is 16.5. The molecule has 0 saturated heterocycles. The van der Waals surface area contributed by atoms with Crippen LogP contribution in [0.25, 0.3) is 11.3 Å². The van der Waals surface area contributed by atoms with Crippen LogP contribution in [0.3, 0.4) is 0 Å². The molecule has 1 aromatic carbocycles. The number of aldehydes is 1. The molecule has 2 rings (SSSR count). The first-order valence-corrected chi connectivity index (χ1v) is 5.82. The molecule has 0 saturated carbocycles. The SMILES string of the molecule is CCCn1nncc1-c1ccc(OC)cc1C=O. The van der Waals surface area contributed by atoms with Gasteiger partial charge >= 0.3 is 0 Å². The largest absolute Gasteiger partial charge is 0.497 e. The van der Waals surface area contributed by atoms with E-state index in [1.807, 2.05) is 12.1 Å². The van der Waals surface area contributed by atoms with Gasteiger partial charge in [-0.1, -0.05) is 12.1 Å². The minimum Gasteiger partial charge on any atom is -0.497 e. The zero-order chi connectivity index (χ0) is 13.0. The van der Waals surface area contributed by atoms with Gasteiger partial charge in [-0.15, -0.1) is 5.10 Å². The second-order valence-electron chi connectivity index (χ2n) is 3.91. The van der Waals surface area contributed by atoms with Crippen LogP contribution in [-0.2, 0) is 6.54 Å². The molecule has 1 heterocycles. The number of methoxy groups -OCH3 is 1. The fourth-order valence-corrected chi connectivity index (χ4v) is 1.84. The van der Waals surface area contributed by atoms with Gasteiger partial charge in [0.2, 0.25) is 0 Å². The van der Waals surface area contributed by atoms with Crippen molar-refractivity contribution in [3.05, 3.63) is 30.0 Å². The van der Waals surface area contributed by atoms with Gasteiger partial charge in [-0.2, -0.15) is 0 Å².